The normalized spacial score (nSPS) is 18.7. The first kappa shape index (κ1) is 14.8. The van der Waals surface area contributed by atoms with Gasteiger partial charge < -0.3 is 4.90 Å². The maximum absolute atomic E-state index is 12.8. The Hall–Kier alpha value is -2.65. The lowest BCUT2D eigenvalue weighted by molar-refractivity contribution is -0.384. The molecule has 0 fully saturated rings. The summed E-state index contributed by atoms with van der Waals surface area (Å²) in [6.07, 6.45) is -5.93. The number of benzene rings is 1. The first-order valence-corrected chi connectivity index (χ1v) is 5.64. The van der Waals surface area contributed by atoms with Crippen molar-refractivity contribution in [2.45, 2.75) is 12.3 Å². The van der Waals surface area contributed by atoms with Crippen LogP contribution in [-0.4, -0.2) is 41.3 Å². The van der Waals surface area contributed by atoms with Crippen LogP contribution in [0, 0.1) is 10.1 Å². The monoisotopic (exact) mass is 302 g/mol. The van der Waals surface area contributed by atoms with Crippen LogP contribution in [0.2, 0.25) is 0 Å². The average molecular weight is 302 g/mol. The van der Waals surface area contributed by atoms with E-state index >= 15 is 0 Å². The van der Waals surface area contributed by atoms with Gasteiger partial charge in [-0.1, -0.05) is 12.1 Å². The van der Waals surface area contributed by atoms with Gasteiger partial charge in [0.25, 0.3) is 5.69 Å². The number of carbonyl (C=O) groups excluding carboxylic acids is 1. The molecule has 0 radical (unpaired) electrons. The second kappa shape index (κ2) is 5.04. The van der Waals surface area contributed by atoms with Crippen molar-refractivity contribution in [3.8, 4) is 0 Å². The molecule has 0 saturated carbocycles. The van der Waals surface area contributed by atoms with Gasteiger partial charge in [0.05, 0.1) is 4.92 Å². The molecule has 2 rings (SSSR count). The highest BCUT2D eigenvalue weighted by molar-refractivity contribution is 5.94. The molecule has 0 spiro atoms. The van der Waals surface area contributed by atoms with Crippen molar-refractivity contribution >= 4 is 23.5 Å². The summed E-state index contributed by atoms with van der Waals surface area (Å²) in [5.41, 5.74) is -0.629. The predicted molar refractivity (Wildman–Crippen MR) is 66.7 cm³/mol. The van der Waals surface area contributed by atoms with E-state index in [1.165, 1.54) is 18.2 Å². The minimum Gasteiger partial charge on any atom is -0.326 e. The Kier molecular flexibility index (Phi) is 3.54. The SMILES string of the molecule is CN1C(C(F)(F)F)=NN(c2ccccc2[N+](=O)[O-])C1C=O. The standard InChI is InChI=1S/C11H9F3N4O3/c1-16-9(6-19)17(15-10(16)11(12,13)14)7-4-2-3-5-8(7)18(20)21/h2-6,9H,1H3. The number of anilines is 1. The van der Waals surface area contributed by atoms with Crippen LogP contribution >= 0.6 is 0 Å². The number of nitrogens with zero attached hydrogens (tertiary/aromatic N) is 4. The van der Waals surface area contributed by atoms with E-state index in [-0.39, 0.29) is 12.0 Å². The number of rotatable bonds is 3. The number of alkyl halides is 3. The fourth-order valence-corrected chi connectivity index (χ4v) is 1.94. The first-order valence-electron chi connectivity index (χ1n) is 5.64. The first-order chi connectivity index (χ1) is 9.77. The molecular formula is C11H9F3N4O3. The van der Waals surface area contributed by atoms with Crippen molar-refractivity contribution in [1.82, 2.24) is 4.90 Å². The van der Waals surface area contributed by atoms with Crippen LogP contribution < -0.4 is 5.01 Å². The zero-order valence-corrected chi connectivity index (χ0v) is 10.6. The number of hydrogen-bond donors (Lipinski definition) is 0. The fourth-order valence-electron chi connectivity index (χ4n) is 1.94. The van der Waals surface area contributed by atoms with Crippen molar-refractivity contribution in [3.63, 3.8) is 0 Å². The maximum Gasteiger partial charge on any atom is 0.451 e. The van der Waals surface area contributed by atoms with Crippen LogP contribution in [0.4, 0.5) is 24.5 Å². The molecule has 1 aliphatic rings. The number of amidine groups is 1. The molecule has 1 aromatic rings. The molecule has 0 N–H and O–H groups in total. The Labute approximate surface area is 116 Å². The Morgan fingerprint density at radius 3 is 2.52 bits per heavy atom. The molecule has 112 valence electrons. The van der Waals surface area contributed by atoms with Gasteiger partial charge in [-0.15, -0.1) is 5.10 Å². The van der Waals surface area contributed by atoms with Crippen molar-refractivity contribution in [3.05, 3.63) is 34.4 Å². The lowest BCUT2D eigenvalue weighted by atomic mass is 10.2. The molecule has 0 saturated heterocycles. The molecule has 0 aromatic heterocycles. The molecule has 7 nitrogen and oxygen atoms in total. The van der Waals surface area contributed by atoms with Crippen molar-refractivity contribution < 1.29 is 22.9 Å². The number of hydrazone groups is 1. The Morgan fingerprint density at radius 2 is 2.00 bits per heavy atom. The van der Waals surface area contributed by atoms with Gasteiger partial charge >= 0.3 is 6.18 Å². The second-order valence-corrected chi connectivity index (χ2v) is 4.17. The van der Waals surface area contributed by atoms with Gasteiger partial charge in [0, 0.05) is 13.1 Å². The zero-order chi connectivity index (χ0) is 15.8. The third-order valence-corrected chi connectivity index (χ3v) is 2.88. The van der Waals surface area contributed by atoms with Gasteiger partial charge in [-0.05, 0) is 6.07 Å². The largest absolute Gasteiger partial charge is 0.451 e. The van der Waals surface area contributed by atoms with E-state index in [0.29, 0.717) is 9.91 Å². The molecule has 1 aromatic carbocycles. The number of nitro benzene ring substituents is 1. The van der Waals surface area contributed by atoms with Gasteiger partial charge in [-0.2, -0.15) is 13.2 Å². The summed E-state index contributed by atoms with van der Waals surface area (Å²) in [6.45, 7) is 0. The van der Waals surface area contributed by atoms with Crippen molar-refractivity contribution in [1.29, 1.82) is 0 Å². The van der Waals surface area contributed by atoms with Crippen LogP contribution in [0.15, 0.2) is 29.4 Å². The summed E-state index contributed by atoms with van der Waals surface area (Å²) in [5, 5.41) is 14.9. The molecule has 10 heteroatoms. The molecule has 1 heterocycles. The predicted octanol–water partition coefficient (Wildman–Crippen LogP) is 1.75. The van der Waals surface area contributed by atoms with E-state index in [4.69, 9.17) is 0 Å². The summed E-state index contributed by atoms with van der Waals surface area (Å²) in [4.78, 5) is 21.9. The van der Waals surface area contributed by atoms with Crippen LogP contribution in [0.5, 0.6) is 0 Å². The number of para-hydroxylation sites is 2. The lowest BCUT2D eigenvalue weighted by Crippen LogP contribution is -2.44. The topological polar surface area (TPSA) is 79.1 Å². The van der Waals surface area contributed by atoms with Gasteiger partial charge in [0.2, 0.25) is 5.84 Å². The molecule has 1 aliphatic heterocycles. The highest BCUT2D eigenvalue weighted by Crippen LogP contribution is 2.34. The number of halogens is 3. The molecule has 1 atom stereocenters. The number of carbonyl (C=O) groups is 1. The average Bonchev–Trinajstić information content (AvgIpc) is 2.75. The quantitative estimate of drug-likeness (QED) is 0.483. The smallest absolute Gasteiger partial charge is 0.326 e. The van der Waals surface area contributed by atoms with E-state index in [2.05, 4.69) is 5.10 Å². The molecule has 0 bridgehead atoms. The third kappa shape index (κ3) is 2.51. The van der Waals surface area contributed by atoms with Crippen LogP contribution in [0.3, 0.4) is 0 Å². The number of aldehydes is 1. The van der Waals surface area contributed by atoms with Crippen LogP contribution in [0.1, 0.15) is 0 Å². The number of hydrogen-bond acceptors (Lipinski definition) is 6. The Morgan fingerprint density at radius 1 is 1.38 bits per heavy atom. The lowest BCUT2D eigenvalue weighted by Gasteiger charge is -2.24. The van der Waals surface area contributed by atoms with Crippen LogP contribution in [0.25, 0.3) is 0 Å². The second-order valence-electron chi connectivity index (χ2n) is 4.17. The Bertz CT molecular complexity index is 617. The molecular weight excluding hydrogens is 293 g/mol. The van der Waals surface area contributed by atoms with Crippen molar-refractivity contribution in [2.75, 3.05) is 12.1 Å². The minimum atomic E-state index is -4.77. The minimum absolute atomic E-state index is 0.189. The molecule has 21 heavy (non-hydrogen) atoms. The summed E-state index contributed by atoms with van der Waals surface area (Å²) < 4.78 is 38.5. The highest BCUT2D eigenvalue weighted by atomic mass is 19.4. The summed E-state index contributed by atoms with van der Waals surface area (Å²) >= 11 is 0. The van der Waals surface area contributed by atoms with E-state index in [9.17, 15) is 28.1 Å². The van der Waals surface area contributed by atoms with E-state index in [1.54, 1.807) is 0 Å². The summed E-state index contributed by atoms with van der Waals surface area (Å²) in [7, 11) is 1.04. The summed E-state index contributed by atoms with van der Waals surface area (Å²) in [5.74, 6) is -1.29. The van der Waals surface area contributed by atoms with Gasteiger partial charge in [-0.25, -0.2) is 5.01 Å². The van der Waals surface area contributed by atoms with Gasteiger partial charge in [0.1, 0.15) is 5.69 Å². The maximum atomic E-state index is 12.8. The summed E-state index contributed by atoms with van der Waals surface area (Å²) in [6, 6.07) is 5.13. The van der Waals surface area contributed by atoms with E-state index in [0.717, 1.165) is 13.1 Å². The zero-order valence-electron chi connectivity index (χ0n) is 10.6. The van der Waals surface area contributed by atoms with Crippen LogP contribution in [-0.2, 0) is 4.79 Å². The fraction of sp³-hybridized carbons (Fsp3) is 0.273. The Balaban J connectivity index is 2.55. The van der Waals surface area contributed by atoms with Gasteiger partial charge in [0.15, 0.2) is 12.5 Å². The molecule has 0 amide bonds. The third-order valence-electron chi connectivity index (χ3n) is 2.88. The highest BCUT2D eigenvalue weighted by Gasteiger charge is 2.48. The van der Waals surface area contributed by atoms with E-state index in [1.807, 2.05) is 0 Å². The van der Waals surface area contributed by atoms with Gasteiger partial charge in [-0.3, -0.25) is 14.9 Å². The number of nitro groups is 1. The van der Waals surface area contributed by atoms with E-state index < -0.39 is 28.8 Å². The molecule has 1 unspecified atom stereocenters. The molecule has 0 aliphatic carbocycles. The number of likely N-dealkylation sites (N-methyl/N-ethyl adjacent to an activating group) is 1. The van der Waals surface area contributed by atoms with Crippen molar-refractivity contribution in [2.24, 2.45) is 5.10 Å².